The number of nitrogens with zero attached hydrogens (tertiary/aromatic N) is 1. The predicted molar refractivity (Wildman–Crippen MR) is 102 cm³/mol. The molecule has 7 heteroatoms. The lowest BCUT2D eigenvalue weighted by molar-refractivity contribution is 0.414. The average molecular weight is 363 g/mol. The molecule has 0 aliphatic rings. The van der Waals surface area contributed by atoms with Gasteiger partial charge in [0.05, 0.1) is 24.7 Å². The molecular formula is C18H25N3O3S. The largest absolute Gasteiger partial charge is 0.497 e. The molecule has 0 fully saturated rings. The van der Waals surface area contributed by atoms with Crippen molar-refractivity contribution in [1.82, 2.24) is 4.98 Å². The second kappa shape index (κ2) is 9.27. The van der Waals surface area contributed by atoms with E-state index in [0.717, 1.165) is 30.8 Å². The highest BCUT2D eigenvalue weighted by atomic mass is 32.2. The first-order chi connectivity index (χ1) is 12.0. The fraction of sp³-hybridized carbons (Fsp3) is 0.389. The highest BCUT2D eigenvalue weighted by Crippen LogP contribution is 2.14. The van der Waals surface area contributed by atoms with Crippen LogP contribution in [0.3, 0.4) is 0 Å². The third-order valence-electron chi connectivity index (χ3n) is 3.67. The first kappa shape index (κ1) is 19.1. The van der Waals surface area contributed by atoms with Crippen molar-refractivity contribution in [3.63, 3.8) is 0 Å². The number of methoxy groups -OCH3 is 1. The van der Waals surface area contributed by atoms with Gasteiger partial charge in [0.2, 0.25) is 10.0 Å². The van der Waals surface area contributed by atoms with Gasteiger partial charge in [0, 0.05) is 6.54 Å². The molecule has 0 unspecified atom stereocenters. The number of pyridine rings is 1. The van der Waals surface area contributed by atoms with Crippen molar-refractivity contribution in [2.45, 2.75) is 26.2 Å². The molecule has 0 aliphatic heterocycles. The summed E-state index contributed by atoms with van der Waals surface area (Å²) < 4.78 is 31.4. The number of nitrogens with one attached hydrogen (secondary N) is 2. The van der Waals surface area contributed by atoms with Crippen LogP contribution in [0.1, 0.15) is 25.3 Å². The van der Waals surface area contributed by atoms with Crippen LogP contribution in [0.25, 0.3) is 0 Å². The summed E-state index contributed by atoms with van der Waals surface area (Å²) in [6, 6.07) is 11.4. The van der Waals surface area contributed by atoms with Crippen LogP contribution < -0.4 is 14.8 Å². The zero-order chi connectivity index (χ0) is 18.1. The summed E-state index contributed by atoms with van der Waals surface area (Å²) in [5, 5.41) is 3.27. The van der Waals surface area contributed by atoms with Crippen LogP contribution in [0.15, 0.2) is 42.6 Å². The van der Waals surface area contributed by atoms with Crippen LogP contribution >= 0.6 is 0 Å². The fourth-order valence-corrected chi connectivity index (χ4v) is 3.49. The van der Waals surface area contributed by atoms with Gasteiger partial charge in [0.15, 0.2) is 0 Å². The molecule has 2 N–H and O–H groups in total. The van der Waals surface area contributed by atoms with Crippen molar-refractivity contribution in [2.75, 3.05) is 29.4 Å². The molecule has 0 saturated carbocycles. The van der Waals surface area contributed by atoms with Crippen molar-refractivity contribution < 1.29 is 13.2 Å². The predicted octanol–water partition coefficient (Wildman–Crippen LogP) is 3.29. The summed E-state index contributed by atoms with van der Waals surface area (Å²) >= 11 is 0. The van der Waals surface area contributed by atoms with Gasteiger partial charge in [-0.2, -0.15) is 0 Å². The van der Waals surface area contributed by atoms with E-state index < -0.39 is 10.0 Å². The van der Waals surface area contributed by atoms with Crippen molar-refractivity contribution >= 4 is 21.5 Å². The third kappa shape index (κ3) is 6.62. The lowest BCUT2D eigenvalue weighted by atomic mass is 10.1. The van der Waals surface area contributed by atoms with E-state index in [1.807, 2.05) is 31.2 Å². The molecule has 1 aromatic heterocycles. The average Bonchev–Trinajstić information content (AvgIpc) is 2.61. The maximum Gasteiger partial charge on any atom is 0.233 e. The van der Waals surface area contributed by atoms with Gasteiger partial charge < -0.3 is 10.1 Å². The number of hydrogen-bond acceptors (Lipinski definition) is 5. The Morgan fingerprint density at radius 3 is 2.72 bits per heavy atom. The minimum Gasteiger partial charge on any atom is -0.497 e. The quantitative estimate of drug-likeness (QED) is 0.677. The number of benzene rings is 1. The number of sulfonamides is 1. The lowest BCUT2D eigenvalue weighted by Crippen LogP contribution is -2.17. The normalized spacial score (nSPS) is 11.1. The van der Waals surface area contributed by atoms with E-state index in [9.17, 15) is 8.42 Å². The van der Waals surface area contributed by atoms with Crippen LogP contribution in [0, 0.1) is 0 Å². The Labute approximate surface area is 149 Å². The molecule has 0 spiro atoms. The zero-order valence-corrected chi connectivity index (χ0v) is 15.5. The SMILES string of the molecule is CCCCS(=O)(=O)Nc1ccc(NCCc2cccc(OC)c2)cn1. The van der Waals surface area contributed by atoms with Gasteiger partial charge in [-0.1, -0.05) is 25.5 Å². The molecule has 0 bridgehead atoms. The van der Waals surface area contributed by atoms with Gasteiger partial charge in [-0.05, 0) is 42.7 Å². The maximum absolute atomic E-state index is 11.8. The molecule has 6 nitrogen and oxygen atoms in total. The number of hydrogen-bond donors (Lipinski definition) is 2. The van der Waals surface area contributed by atoms with E-state index in [1.165, 1.54) is 5.56 Å². The van der Waals surface area contributed by atoms with Crippen LogP contribution in [0.5, 0.6) is 5.75 Å². The molecule has 25 heavy (non-hydrogen) atoms. The minimum absolute atomic E-state index is 0.117. The second-order valence-electron chi connectivity index (χ2n) is 5.73. The van der Waals surface area contributed by atoms with E-state index in [1.54, 1.807) is 19.4 Å². The summed E-state index contributed by atoms with van der Waals surface area (Å²) in [6.45, 7) is 2.70. The van der Waals surface area contributed by atoms with Crippen molar-refractivity contribution in [3.05, 3.63) is 48.2 Å². The fourth-order valence-electron chi connectivity index (χ4n) is 2.28. The van der Waals surface area contributed by atoms with Gasteiger partial charge in [0.25, 0.3) is 0 Å². The van der Waals surface area contributed by atoms with E-state index in [-0.39, 0.29) is 5.75 Å². The molecule has 1 heterocycles. The maximum atomic E-state index is 11.8. The molecule has 1 aromatic carbocycles. The number of rotatable bonds is 10. The number of aromatic nitrogens is 1. The monoisotopic (exact) mass is 363 g/mol. The Morgan fingerprint density at radius 2 is 2.04 bits per heavy atom. The Bertz CT molecular complexity index is 761. The lowest BCUT2D eigenvalue weighted by Gasteiger charge is -2.09. The summed E-state index contributed by atoms with van der Waals surface area (Å²) in [6.07, 6.45) is 3.95. The molecule has 0 radical (unpaired) electrons. The number of unbranched alkanes of at least 4 members (excludes halogenated alkanes) is 1. The highest BCUT2D eigenvalue weighted by molar-refractivity contribution is 7.92. The summed E-state index contributed by atoms with van der Waals surface area (Å²) in [4.78, 5) is 4.15. The molecule has 0 aliphatic carbocycles. The standard InChI is InChI=1S/C18H25N3O3S/c1-3-4-12-25(22,23)21-18-9-8-16(14-20-18)19-11-10-15-6-5-7-17(13-15)24-2/h5-9,13-14,19H,3-4,10-12H2,1-2H3,(H,20,21). The minimum atomic E-state index is -3.31. The van der Waals surface area contributed by atoms with Crippen molar-refractivity contribution in [2.24, 2.45) is 0 Å². The third-order valence-corrected chi connectivity index (χ3v) is 5.01. The number of ether oxygens (including phenoxy) is 1. The van der Waals surface area contributed by atoms with Gasteiger partial charge in [-0.25, -0.2) is 13.4 Å². The molecule has 0 saturated heterocycles. The Morgan fingerprint density at radius 1 is 1.20 bits per heavy atom. The second-order valence-corrected chi connectivity index (χ2v) is 7.58. The van der Waals surface area contributed by atoms with E-state index >= 15 is 0 Å². The van der Waals surface area contributed by atoms with Crippen LogP contribution in [-0.4, -0.2) is 32.8 Å². The van der Waals surface area contributed by atoms with E-state index in [4.69, 9.17) is 4.74 Å². The Balaban J connectivity index is 1.83. The van der Waals surface area contributed by atoms with Crippen LogP contribution in [0.2, 0.25) is 0 Å². The molecule has 0 amide bonds. The Hall–Kier alpha value is -2.28. The molecule has 2 rings (SSSR count). The van der Waals surface area contributed by atoms with Gasteiger partial charge in [-0.15, -0.1) is 0 Å². The van der Waals surface area contributed by atoms with Gasteiger partial charge in [0.1, 0.15) is 11.6 Å². The molecule has 136 valence electrons. The molecule has 0 atom stereocenters. The van der Waals surface area contributed by atoms with Crippen LogP contribution in [0.4, 0.5) is 11.5 Å². The Kier molecular flexibility index (Phi) is 7.06. The molecular weight excluding hydrogens is 338 g/mol. The van der Waals surface area contributed by atoms with Crippen molar-refractivity contribution in [1.29, 1.82) is 0 Å². The van der Waals surface area contributed by atoms with Gasteiger partial charge >= 0.3 is 0 Å². The summed E-state index contributed by atoms with van der Waals surface area (Å²) in [5.74, 6) is 1.31. The molecule has 2 aromatic rings. The van der Waals surface area contributed by atoms with E-state index in [2.05, 4.69) is 21.1 Å². The summed E-state index contributed by atoms with van der Waals surface area (Å²) in [7, 11) is -1.66. The van der Waals surface area contributed by atoms with Crippen LogP contribution in [-0.2, 0) is 16.4 Å². The highest BCUT2D eigenvalue weighted by Gasteiger charge is 2.10. The van der Waals surface area contributed by atoms with E-state index in [0.29, 0.717) is 12.2 Å². The number of anilines is 2. The zero-order valence-electron chi connectivity index (χ0n) is 14.7. The smallest absolute Gasteiger partial charge is 0.233 e. The topological polar surface area (TPSA) is 80.3 Å². The summed E-state index contributed by atoms with van der Waals surface area (Å²) in [5.41, 5.74) is 2.03. The first-order valence-electron chi connectivity index (χ1n) is 8.36. The van der Waals surface area contributed by atoms with Gasteiger partial charge in [-0.3, -0.25) is 4.72 Å². The first-order valence-corrected chi connectivity index (χ1v) is 10.0. The van der Waals surface area contributed by atoms with Crippen molar-refractivity contribution in [3.8, 4) is 5.75 Å².